The van der Waals surface area contributed by atoms with Gasteiger partial charge in [0.05, 0.1) is 31.2 Å². The predicted molar refractivity (Wildman–Crippen MR) is 122 cm³/mol. The lowest BCUT2D eigenvalue weighted by molar-refractivity contribution is 0.0950. The van der Waals surface area contributed by atoms with Gasteiger partial charge >= 0.3 is 0 Å². The average Bonchev–Trinajstić information content (AvgIpc) is 3.30. The molecule has 8 heteroatoms. The second-order valence-corrected chi connectivity index (χ2v) is 6.86. The van der Waals surface area contributed by atoms with Crippen molar-refractivity contribution in [3.05, 3.63) is 71.9 Å². The second-order valence-electron chi connectivity index (χ2n) is 6.86. The molecule has 0 fully saturated rings. The smallest absolute Gasteiger partial charge is 0.289 e. The third-order valence-corrected chi connectivity index (χ3v) is 4.89. The molecule has 0 radical (unpaired) electrons. The lowest BCUT2D eigenvalue weighted by Gasteiger charge is -2.09. The maximum absolute atomic E-state index is 12.5. The molecule has 0 unspecified atom stereocenters. The van der Waals surface area contributed by atoms with Gasteiger partial charge in [-0.25, -0.2) is 5.43 Å². The normalized spacial score (nSPS) is 11.1. The number of phenols is 1. The van der Waals surface area contributed by atoms with Crippen LogP contribution in [0.25, 0.3) is 22.0 Å². The van der Waals surface area contributed by atoms with Crippen LogP contribution in [0.15, 0.2) is 65.8 Å². The number of nitrogens with one attached hydrogen (secondary N) is 2. The number of benzene rings is 3. The molecular weight excluding hydrogens is 408 g/mol. The number of aromatic amines is 1. The predicted octanol–water partition coefficient (Wildman–Crippen LogP) is 4.11. The van der Waals surface area contributed by atoms with E-state index in [0.717, 1.165) is 16.3 Å². The van der Waals surface area contributed by atoms with Crippen LogP contribution in [0.5, 0.6) is 17.2 Å². The lowest BCUT2D eigenvalue weighted by atomic mass is 10.0. The number of phenolic OH excluding ortho intramolecular Hbond substituents is 1. The molecule has 0 bridgehead atoms. The highest BCUT2D eigenvalue weighted by molar-refractivity contribution is 6.00. The minimum atomic E-state index is -0.473. The molecule has 3 N–H and O–H groups in total. The molecule has 1 amide bonds. The molecule has 32 heavy (non-hydrogen) atoms. The van der Waals surface area contributed by atoms with Crippen molar-refractivity contribution in [3.8, 4) is 28.5 Å². The third kappa shape index (κ3) is 4.11. The SMILES string of the molecule is CCOc1cccc(C=NNC(=O)c2cc(-c3c(OC)ccc4ccccc34)n[nH]2)c1O. The first-order valence-electron chi connectivity index (χ1n) is 10.0. The lowest BCUT2D eigenvalue weighted by Crippen LogP contribution is -2.18. The fraction of sp³-hybridized carbons (Fsp3) is 0.125. The number of hydrogen-bond acceptors (Lipinski definition) is 6. The summed E-state index contributed by atoms with van der Waals surface area (Å²) in [5.41, 5.74) is 4.46. The second kappa shape index (κ2) is 9.22. The van der Waals surface area contributed by atoms with E-state index >= 15 is 0 Å². The van der Waals surface area contributed by atoms with Crippen LogP contribution in [0.3, 0.4) is 0 Å². The van der Waals surface area contributed by atoms with Crippen molar-refractivity contribution in [1.29, 1.82) is 0 Å². The Balaban J connectivity index is 1.55. The van der Waals surface area contributed by atoms with E-state index in [1.54, 1.807) is 31.4 Å². The Bertz CT molecular complexity index is 1300. The molecule has 1 aromatic heterocycles. The molecule has 0 saturated heterocycles. The summed E-state index contributed by atoms with van der Waals surface area (Å²) in [4.78, 5) is 12.5. The molecule has 8 nitrogen and oxygen atoms in total. The zero-order valence-corrected chi connectivity index (χ0v) is 17.6. The first-order chi connectivity index (χ1) is 15.6. The number of H-pyrrole nitrogens is 1. The molecule has 3 aromatic carbocycles. The van der Waals surface area contributed by atoms with Crippen molar-refractivity contribution in [2.24, 2.45) is 5.10 Å². The van der Waals surface area contributed by atoms with E-state index in [4.69, 9.17) is 9.47 Å². The van der Waals surface area contributed by atoms with Gasteiger partial charge in [0.1, 0.15) is 11.4 Å². The number of amides is 1. The summed E-state index contributed by atoms with van der Waals surface area (Å²) in [5.74, 6) is 0.494. The van der Waals surface area contributed by atoms with Gasteiger partial charge in [-0.3, -0.25) is 9.89 Å². The zero-order valence-electron chi connectivity index (χ0n) is 17.6. The summed E-state index contributed by atoms with van der Waals surface area (Å²) in [7, 11) is 1.60. The van der Waals surface area contributed by atoms with Crippen LogP contribution >= 0.6 is 0 Å². The van der Waals surface area contributed by atoms with Gasteiger partial charge in [0, 0.05) is 5.56 Å². The molecule has 4 aromatic rings. The molecular formula is C24H22N4O4. The van der Waals surface area contributed by atoms with Crippen molar-refractivity contribution < 1.29 is 19.4 Å². The summed E-state index contributed by atoms with van der Waals surface area (Å²) in [5, 5.41) is 23.2. The van der Waals surface area contributed by atoms with Crippen molar-refractivity contribution in [3.63, 3.8) is 0 Å². The molecule has 0 aliphatic carbocycles. The monoisotopic (exact) mass is 430 g/mol. The number of rotatable bonds is 7. The van der Waals surface area contributed by atoms with Gasteiger partial charge in [-0.1, -0.05) is 36.4 Å². The molecule has 0 saturated carbocycles. The van der Waals surface area contributed by atoms with Crippen LogP contribution in [0.4, 0.5) is 0 Å². The van der Waals surface area contributed by atoms with Crippen molar-refractivity contribution in [1.82, 2.24) is 15.6 Å². The van der Waals surface area contributed by atoms with Crippen LogP contribution in [0, 0.1) is 0 Å². The highest BCUT2D eigenvalue weighted by Gasteiger charge is 2.16. The van der Waals surface area contributed by atoms with E-state index in [-0.39, 0.29) is 11.4 Å². The Morgan fingerprint density at radius 2 is 2.00 bits per heavy atom. The Labute approximate surface area is 184 Å². The van der Waals surface area contributed by atoms with Crippen molar-refractivity contribution >= 4 is 22.9 Å². The van der Waals surface area contributed by atoms with Gasteiger partial charge in [0.25, 0.3) is 5.91 Å². The standard InChI is InChI=1S/C24H22N4O4/c1-3-32-21-10-6-8-16(23(21)29)14-25-28-24(30)19-13-18(26-27-19)22-17-9-5-4-7-15(17)11-12-20(22)31-2/h4-14,29H,3H2,1-2H3,(H,26,27)(H,28,30). The number of nitrogens with zero attached hydrogens (tertiary/aromatic N) is 2. The van der Waals surface area contributed by atoms with Crippen molar-refractivity contribution in [2.45, 2.75) is 6.92 Å². The van der Waals surface area contributed by atoms with Gasteiger partial charge < -0.3 is 14.6 Å². The minimum Gasteiger partial charge on any atom is -0.504 e. The van der Waals surface area contributed by atoms with E-state index < -0.39 is 5.91 Å². The Kier molecular flexibility index (Phi) is 6.03. The highest BCUT2D eigenvalue weighted by Crippen LogP contribution is 2.36. The first kappa shape index (κ1) is 20.9. The number of aromatic hydroxyl groups is 1. The topological polar surface area (TPSA) is 109 Å². The fourth-order valence-electron chi connectivity index (χ4n) is 3.39. The number of carbonyl (C=O) groups is 1. The van der Waals surface area contributed by atoms with Gasteiger partial charge in [0.15, 0.2) is 11.5 Å². The van der Waals surface area contributed by atoms with Crippen LogP contribution < -0.4 is 14.9 Å². The number of fused-ring (bicyclic) bond motifs is 1. The van der Waals surface area contributed by atoms with E-state index in [1.165, 1.54) is 6.21 Å². The Hall–Kier alpha value is -4.33. The zero-order chi connectivity index (χ0) is 22.5. The number of methoxy groups -OCH3 is 1. The van der Waals surface area contributed by atoms with E-state index in [2.05, 4.69) is 20.7 Å². The number of hydrogen-bond donors (Lipinski definition) is 3. The van der Waals surface area contributed by atoms with E-state index in [9.17, 15) is 9.90 Å². The quantitative estimate of drug-likeness (QED) is 0.302. The summed E-state index contributed by atoms with van der Waals surface area (Å²) >= 11 is 0. The van der Waals surface area contributed by atoms with E-state index in [0.29, 0.717) is 29.4 Å². The van der Waals surface area contributed by atoms with Crippen LogP contribution in [-0.2, 0) is 0 Å². The molecule has 0 aliphatic rings. The summed E-state index contributed by atoms with van der Waals surface area (Å²) in [6.45, 7) is 2.25. The molecule has 1 heterocycles. The number of para-hydroxylation sites is 1. The first-order valence-corrected chi connectivity index (χ1v) is 10.0. The molecule has 0 aliphatic heterocycles. The van der Waals surface area contributed by atoms with Gasteiger partial charge in [-0.15, -0.1) is 0 Å². The van der Waals surface area contributed by atoms with Crippen LogP contribution in [0.1, 0.15) is 23.0 Å². The third-order valence-electron chi connectivity index (χ3n) is 4.89. The Morgan fingerprint density at radius 3 is 2.81 bits per heavy atom. The largest absolute Gasteiger partial charge is 0.504 e. The Morgan fingerprint density at radius 1 is 1.16 bits per heavy atom. The number of hydrazone groups is 1. The summed E-state index contributed by atoms with van der Waals surface area (Å²) in [6, 6.07) is 18.4. The van der Waals surface area contributed by atoms with E-state index in [1.807, 2.05) is 43.3 Å². The molecule has 162 valence electrons. The van der Waals surface area contributed by atoms with Crippen molar-refractivity contribution in [2.75, 3.05) is 13.7 Å². The van der Waals surface area contributed by atoms with Crippen LogP contribution in [0.2, 0.25) is 0 Å². The maximum atomic E-state index is 12.5. The van der Waals surface area contributed by atoms with Crippen LogP contribution in [-0.4, -0.2) is 41.1 Å². The number of carbonyl (C=O) groups excluding carboxylic acids is 1. The fourth-order valence-corrected chi connectivity index (χ4v) is 3.39. The van der Waals surface area contributed by atoms with Gasteiger partial charge in [0.2, 0.25) is 0 Å². The number of ether oxygens (including phenoxy) is 2. The molecule has 4 rings (SSSR count). The molecule has 0 spiro atoms. The summed E-state index contributed by atoms with van der Waals surface area (Å²) < 4.78 is 10.9. The molecule has 0 atom stereocenters. The van der Waals surface area contributed by atoms with Gasteiger partial charge in [-0.05, 0) is 42.0 Å². The minimum absolute atomic E-state index is 0.0424. The highest BCUT2D eigenvalue weighted by atomic mass is 16.5. The average molecular weight is 430 g/mol. The maximum Gasteiger partial charge on any atom is 0.289 e. The summed E-state index contributed by atoms with van der Waals surface area (Å²) in [6.07, 6.45) is 1.35. The number of aromatic nitrogens is 2. The van der Waals surface area contributed by atoms with Gasteiger partial charge in [-0.2, -0.15) is 10.2 Å².